The van der Waals surface area contributed by atoms with Gasteiger partial charge in [-0.1, -0.05) is 28.1 Å². The van der Waals surface area contributed by atoms with Crippen LogP contribution in [0.4, 0.5) is 0 Å². The Morgan fingerprint density at radius 2 is 1.74 bits per heavy atom. The molecule has 3 nitrogen and oxygen atoms in total. The summed E-state index contributed by atoms with van der Waals surface area (Å²) in [4.78, 5) is 4.11. The second kappa shape index (κ2) is 4.90. The zero-order valence-electron chi connectivity index (χ0n) is 9.88. The Hall–Kier alpha value is -2.07. The molecule has 1 N–H and O–H groups in total. The number of nitrogens with zero attached hydrogens (tertiary/aromatic N) is 1. The largest absolute Gasteiger partial charge is 0.493 e. The van der Waals surface area contributed by atoms with Gasteiger partial charge < -0.3 is 9.84 Å². The molecule has 0 fully saturated rings. The molecule has 0 unspecified atom stereocenters. The first kappa shape index (κ1) is 12.0. The normalized spacial score (nSPS) is 10.6. The van der Waals surface area contributed by atoms with E-state index in [4.69, 9.17) is 4.74 Å². The number of hydrogen-bond acceptors (Lipinski definition) is 3. The van der Waals surface area contributed by atoms with Crippen molar-refractivity contribution in [1.29, 1.82) is 0 Å². The third kappa shape index (κ3) is 2.53. The molecular formula is C15H10BrNO2. The lowest BCUT2D eigenvalue weighted by molar-refractivity contribution is 0.453. The Morgan fingerprint density at radius 3 is 2.53 bits per heavy atom. The minimum atomic E-state index is -0.0145. The van der Waals surface area contributed by atoms with E-state index in [0.717, 1.165) is 15.6 Å². The maximum Gasteiger partial charge on any atom is 0.211 e. The molecule has 0 aliphatic heterocycles. The predicted octanol–water partition coefficient (Wildman–Crippen LogP) is 4.50. The smallest absolute Gasteiger partial charge is 0.211 e. The van der Waals surface area contributed by atoms with Gasteiger partial charge >= 0.3 is 0 Å². The Bertz CT molecular complexity index is 726. The first-order valence-corrected chi connectivity index (χ1v) is 6.54. The Labute approximate surface area is 118 Å². The monoisotopic (exact) mass is 315 g/mol. The number of fused-ring (bicyclic) bond motifs is 1. The van der Waals surface area contributed by atoms with Crippen LogP contribution in [-0.2, 0) is 0 Å². The van der Waals surface area contributed by atoms with E-state index in [0.29, 0.717) is 11.3 Å². The number of hydrogen-bond donors (Lipinski definition) is 1. The van der Waals surface area contributed by atoms with Gasteiger partial charge in [-0.3, -0.25) is 0 Å². The van der Waals surface area contributed by atoms with Crippen LogP contribution in [-0.4, -0.2) is 10.1 Å². The van der Waals surface area contributed by atoms with E-state index in [-0.39, 0.29) is 5.88 Å². The maximum atomic E-state index is 9.48. The van der Waals surface area contributed by atoms with Crippen molar-refractivity contribution in [3.63, 3.8) is 0 Å². The highest BCUT2D eigenvalue weighted by molar-refractivity contribution is 9.10. The summed E-state index contributed by atoms with van der Waals surface area (Å²) in [5, 5.41) is 10.4. The SMILES string of the molecule is Oc1ccc2cccc(Oc3ccc(Br)cc3)c2n1. The van der Waals surface area contributed by atoms with Gasteiger partial charge in [-0.25, -0.2) is 4.98 Å². The van der Waals surface area contributed by atoms with Crippen molar-refractivity contribution in [3.8, 4) is 17.4 Å². The van der Waals surface area contributed by atoms with Crippen molar-refractivity contribution in [1.82, 2.24) is 4.98 Å². The first-order valence-electron chi connectivity index (χ1n) is 5.74. The third-order valence-electron chi connectivity index (χ3n) is 2.71. The molecular weight excluding hydrogens is 306 g/mol. The second-order valence-electron chi connectivity index (χ2n) is 4.05. The first-order chi connectivity index (χ1) is 9.22. The number of ether oxygens (including phenoxy) is 1. The van der Waals surface area contributed by atoms with Crippen LogP contribution in [0.1, 0.15) is 0 Å². The molecule has 3 aromatic rings. The van der Waals surface area contributed by atoms with Crippen LogP contribution in [0.2, 0.25) is 0 Å². The molecule has 1 aromatic heterocycles. The van der Waals surface area contributed by atoms with E-state index < -0.39 is 0 Å². The molecule has 1 heterocycles. The second-order valence-corrected chi connectivity index (χ2v) is 4.97. The van der Waals surface area contributed by atoms with Crippen LogP contribution in [0, 0.1) is 0 Å². The molecule has 0 radical (unpaired) electrons. The highest BCUT2D eigenvalue weighted by atomic mass is 79.9. The standard InChI is InChI=1S/C15H10BrNO2/c16-11-5-7-12(8-6-11)19-13-3-1-2-10-4-9-14(18)17-15(10)13/h1-9H,(H,17,18). The summed E-state index contributed by atoms with van der Waals surface area (Å²) in [6.45, 7) is 0. The van der Waals surface area contributed by atoms with Gasteiger partial charge in [0.25, 0.3) is 0 Å². The average Bonchev–Trinajstić information content (AvgIpc) is 2.42. The van der Waals surface area contributed by atoms with E-state index in [1.165, 1.54) is 0 Å². The lowest BCUT2D eigenvalue weighted by Gasteiger charge is -2.08. The Balaban J connectivity index is 2.05. The highest BCUT2D eigenvalue weighted by Gasteiger charge is 2.05. The van der Waals surface area contributed by atoms with Crippen LogP contribution < -0.4 is 4.74 Å². The van der Waals surface area contributed by atoms with Gasteiger partial charge in [0.1, 0.15) is 11.3 Å². The van der Waals surface area contributed by atoms with Crippen molar-refractivity contribution in [2.45, 2.75) is 0 Å². The molecule has 0 aliphatic carbocycles. The topological polar surface area (TPSA) is 42.4 Å². The lowest BCUT2D eigenvalue weighted by atomic mass is 10.2. The van der Waals surface area contributed by atoms with Gasteiger partial charge in [-0.05, 0) is 36.4 Å². The summed E-state index contributed by atoms with van der Waals surface area (Å²) < 4.78 is 6.80. The van der Waals surface area contributed by atoms with E-state index >= 15 is 0 Å². The third-order valence-corrected chi connectivity index (χ3v) is 3.24. The molecule has 0 amide bonds. The molecule has 0 saturated carbocycles. The summed E-state index contributed by atoms with van der Waals surface area (Å²) in [5.41, 5.74) is 0.644. The molecule has 0 bridgehead atoms. The summed E-state index contributed by atoms with van der Waals surface area (Å²) in [5.74, 6) is 1.33. The predicted molar refractivity (Wildman–Crippen MR) is 77.6 cm³/mol. The number of aromatic hydroxyl groups is 1. The minimum absolute atomic E-state index is 0.0145. The summed E-state index contributed by atoms with van der Waals surface area (Å²) in [6.07, 6.45) is 0. The van der Waals surface area contributed by atoms with Gasteiger partial charge in [-0.15, -0.1) is 0 Å². The van der Waals surface area contributed by atoms with Crippen LogP contribution in [0.25, 0.3) is 10.9 Å². The number of aromatic nitrogens is 1. The number of benzene rings is 2. The van der Waals surface area contributed by atoms with Crippen LogP contribution in [0.5, 0.6) is 17.4 Å². The van der Waals surface area contributed by atoms with Crippen molar-refractivity contribution in [2.75, 3.05) is 0 Å². The number of halogens is 1. The lowest BCUT2D eigenvalue weighted by Crippen LogP contribution is -1.88. The zero-order valence-corrected chi connectivity index (χ0v) is 11.5. The molecule has 0 aliphatic rings. The molecule has 0 atom stereocenters. The van der Waals surface area contributed by atoms with Gasteiger partial charge in [0.2, 0.25) is 5.88 Å². The number of rotatable bonds is 2. The van der Waals surface area contributed by atoms with Crippen LogP contribution >= 0.6 is 15.9 Å². The maximum absolute atomic E-state index is 9.48. The molecule has 0 saturated heterocycles. The van der Waals surface area contributed by atoms with Gasteiger partial charge in [-0.2, -0.15) is 0 Å². The fourth-order valence-electron chi connectivity index (χ4n) is 1.82. The Morgan fingerprint density at radius 1 is 0.947 bits per heavy atom. The quantitative estimate of drug-likeness (QED) is 0.757. The molecule has 2 aromatic carbocycles. The molecule has 94 valence electrons. The number of para-hydroxylation sites is 1. The molecule has 0 spiro atoms. The molecule has 19 heavy (non-hydrogen) atoms. The average molecular weight is 316 g/mol. The van der Waals surface area contributed by atoms with Gasteiger partial charge in [0, 0.05) is 15.9 Å². The number of pyridine rings is 1. The fraction of sp³-hybridized carbons (Fsp3) is 0. The van der Waals surface area contributed by atoms with Crippen molar-refractivity contribution in [2.24, 2.45) is 0 Å². The van der Waals surface area contributed by atoms with E-state index in [1.807, 2.05) is 48.5 Å². The summed E-state index contributed by atoms with van der Waals surface area (Å²) >= 11 is 3.38. The van der Waals surface area contributed by atoms with Crippen molar-refractivity contribution >= 4 is 26.8 Å². The Kier molecular flexibility index (Phi) is 3.09. The minimum Gasteiger partial charge on any atom is -0.493 e. The summed E-state index contributed by atoms with van der Waals surface area (Å²) in [7, 11) is 0. The van der Waals surface area contributed by atoms with E-state index in [9.17, 15) is 5.11 Å². The van der Waals surface area contributed by atoms with Crippen molar-refractivity contribution in [3.05, 3.63) is 59.1 Å². The van der Waals surface area contributed by atoms with E-state index in [1.54, 1.807) is 6.07 Å². The van der Waals surface area contributed by atoms with Gasteiger partial charge in [0.05, 0.1) is 0 Å². The molecule has 4 heteroatoms. The molecule has 3 rings (SSSR count). The summed E-state index contributed by atoms with van der Waals surface area (Å²) in [6, 6.07) is 16.6. The van der Waals surface area contributed by atoms with E-state index in [2.05, 4.69) is 20.9 Å². The fourth-order valence-corrected chi connectivity index (χ4v) is 2.09. The van der Waals surface area contributed by atoms with Crippen LogP contribution in [0.15, 0.2) is 59.1 Å². The zero-order chi connectivity index (χ0) is 13.2. The highest BCUT2D eigenvalue weighted by Crippen LogP contribution is 2.30. The van der Waals surface area contributed by atoms with Crippen LogP contribution in [0.3, 0.4) is 0 Å². The van der Waals surface area contributed by atoms with Gasteiger partial charge in [0.15, 0.2) is 5.75 Å². The van der Waals surface area contributed by atoms with Crippen molar-refractivity contribution < 1.29 is 9.84 Å².